The molecule has 1 aromatic carbocycles. The number of rotatable bonds is 6. The molecule has 0 fully saturated rings. The summed E-state index contributed by atoms with van der Waals surface area (Å²) < 4.78 is 5.10. The molecule has 0 amide bonds. The second-order valence-corrected chi connectivity index (χ2v) is 7.50. The van der Waals surface area contributed by atoms with Gasteiger partial charge in [-0.2, -0.15) is 0 Å². The van der Waals surface area contributed by atoms with E-state index in [1.54, 1.807) is 20.2 Å². The van der Waals surface area contributed by atoms with Crippen LogP contribution in [0, 0.1) is 6.92 Å². The Morgan fingerprint density at radius 2 is 2.07 bits per heavy atom. The number of aliphatic imine (C=N–C) groups is 1. The molecule has 160 valence electrons. The van der Waals surface area contributed by atoms with Gasteiger partial charge in [0.1, 0.15) is 9.88 Å². The fourth-order valence-electron chi connectivity index (χ4n) is 2.94. The lowest BCUT2D eigenvalue weighted by Gasteiger charge is -2.16. The van der Waals surface area contributed by atoms with Crippen molar-refractivity contribution in [3.05, 3.63) is 57.7 Å². The molecule has 0 aliphatic carbocycles. The highest BCUT2D eigenvalue weighted by molar-refractivity contribution is 14.0. The van der Waals surface area contributed by atoms with Gasteiger partial charge in [-0.25, -0.2) is 9.78 Å². The van der Waals surface area contributed by atoms with Crippen molar-refractivity contribution in [2.24, 2.45) is 4.99 Å². The number of aromatic nitrogens is 2. The number of para-hydroxylation sites is 1. The third kappa shape index (κ3) is 5.66. The largest absolute Gasteiger partial charge is 0.462 e. The van der Waals surface area contributed by atoms with Gasteiger partial charge in [0, 0.05) is 25.2 Å². The number of ether oxygens (including phenoxy) is 1. The molecular weight excluding hydrogens is 513 g/mol. The van der Waals surface area contributed by atoms with Gasteiger partial charge >= 0.3 is 5.97 Å². The lowest BCUT2D eigenvalue weighted by molar-refractivity contribution is 0.0531. The zero-order valence-electron chi connectivity index (χ0n) is 17.4. The van der Waals surface area contributed by atoms with E-state index in [1.165, 1.54) is 11.3 Å². The van der Waals surface area contributed by atoms with E-state index in [4.69, 9.17) is 4.74 Å². The van der Waals surface area contributed by atoms with Crippen molar-refractivity contribution in [2.45, 2.75) is 33.4 Å². The summed E-state index contributed by atoms with van der Waals surface area (Å²) in [6.07, 6.45) is 1.80. The summed E-state index contributed by atoms with van der Waals surface area (Å²) in [7, 11) is 1.72. The summed E-state index contributed by atoms with van der Waals surface area (Å²) in [6.45, 7) is 6.53. The molecule has 0 bridgehead atoms. The van der Waals surface area contributed by atoms with Crippen LogP contribution < -0.4 is 10.6 Å². The summed E-state index contributed by atoms with van der Waals surface area (Å²) in [4.78, 5) is 25.9. The molecule has 30 heavy (non-hydrogen) atoms. The predicted molar refractivity (Wildman–Crippen MR) is 132 cm³/mol. The van der Waals surface area contributed by atoms with Crippen molar-refractivity contribution in [2.75, 3.05) is 13.7 Å². The standard InChI is InChI=1S/C21H25N5O2S.HI/c1-5-28-20(27)18-13(2)25-19(29-18)14(3)26-21(22-4)24-12-16-9-6-8-15-10-7-11-23-17(15)16;/h6-11,14H,5,12H2,1-4H3,(H2,22,24,26);1H. The molecule has 7 nitrogen and oxygen atoms in total. The first-order chi connectivity index (χ1) is 14.0. The molecule has 0 aliphatic rings. The fourth-order valence-corrected chi connectivity index (χ4v) is 3.90. The number of aryl methyl sites for hydroxylation is 1. The minimum atomic E-state index is -0.327. The molecule has 1 unspecified atom stereocenters. The Kier molecular flexibility index (Phi) is 8.97. The Balaban J connectivity index is 0.00000320. The Morgan fingerprint density at radius 3 is 2.80 bits per heavy atom. The van der Waals surface area contributed by atoms with Crippen molar-refractivity contribution >= 4 is 58.1 Å². The van der Waals surface area contributed by atoms with Crippen LogP contribution in [0.25, 0.3) is 10.9 Å². The molecule has 2 heterocycles. The number of esters is 1. The average molecular weight is 539 g/mol. The van der Waals surface area contributed by atoms with Gasteiger partial charge in [-0.15, -0.1) is 35.3 Å². The minimum absolute atomic E-state index is 0. The van der Waals surface area contributed by atoms with Crippen molar-refractivity contribution < 1.29 is 9.53 Å². The maximum atomic E-state index is 12.0. The summed E-state index contributed by atoms with van der Waals surface area (Å²) in [6, 6.07) is 9.99. The number of pyridine rings is 1. The molecule has 2 aromatic heterocycles. The first kappa shape index (κ1) is 24.0. The smallest absolute Gasteiger partial charge is 0.350 e. The third-order valence-electron chi connectivity index (χ3n) is 4.38. The summed E-state index contributed by atoms with van der Waals surface area (Å²) in [5.41, 5.74) is 2.75. The first-order valence-electron chi connectivity index (χ1n) is 9.47. The second-order valence-electron chi connectivity index (χ2n) is 6.47. The number of hydrogen-bond acceptors (Lipinski definition) is 6. The van der Waals surface area contributed by atoms with E-state index in [-0.39, 0.29) is 36.0 Å². The van der Waals surface area contributed by atoms with E-state index in [1.807, 2.05) is 38.1 Å². The van der Waals surface area contributed by atoms with Crippen molar-refractivity contribution in [1.82, 2.24) is 20.6 Å². The number of hydrogen-bond donors (Lipinski definition) is 2. The molecule has 0 aliphatic heterocycles. The van der Waals surface area contributed by atoms with E-state index >= 15 is 0 Å². The molecule has 3 rings (SSSR count). The summed E-state index contributed by atoms with van der Waals surface area (Å²) in [5.74, 6) is 0.322. The van der Waals surface area contributed by atoms with Crippen LogP contribution >= 0.6 is 35.3 Å². The molecule has 9 heteroatoms. The first-order valence-corrected chi connectivity index (χ1v) is 10.3. The Hall–Kier alpha value is -2.27. The van der Waals surface area contributed by atoms with Crippen LogP contribution in [0.3, 0.4) is 0 Å². The van der Waals surface area contributed by atoms with Crippen molar-refractivity contribution in [3.63, 3.8) is 0 Å². The lowest BCUT2D eigenvalue weighted by Crippen LogP contribution is -2.38. The summed E-state index contributed by atoms with van der Waals surface area (Å²) >= 11 is 1.34. The van der Waals surface area contributed by atoms with Gasteiger partial charge in [0.2, 0.25) is 0 Å². The Labute approximate surface area is 197 Å². The number of thiazole rings is 1. The highest BCUT2D eigenvalue weighted by atomic mass is 127. The molecule has 2 N–H and O–H groups in total. The van der Waals surface area contributed by atoms with Crippen molar-refractivity contribution in [3.8, 4) is 0 Å². The number of carbonyl (C=O) groups is 1. The van der Waals surface area contributed by atoms with E-state index in [9.17, 15) is 4.79 Å². The number of benzene rings is 1. The van der Waals surface area contributed by atoms with E-state index < -0.39 is 0 Å². The quantitative estimate of drug-likeness (QED) is 0.211. The number of fused-ring (bicyclic) bond motifs is 1. The maximum absolute atomic E-state index is 12.0. The van der Waals surface area contributed by atoms with Crippen LogP contribution in [0.2, 0.25) is 0 Å². The zero-order valence-corrected chi connectivity index (χ0v) is 20.6. The van der Waals surface area contributed by atoms with Crippen LogP contribution in [0.15, 0.2) is 41.5 Å². The molecule has 0 saturated heterocycles. The summed E-state index contributed by atoms with van der Waals surface area (Å²) in [5, 5.41) is 8.56. The monoisotopic (exact) mass is 539 g/mol. The van der Waals surface area contributed by atoms with Gasteiger partial charge in [-0.3, -0.25) is 9.98 Å². The Morgan fingerprint density at radius 1 is 1.30 bits per heavy atom. The van der Waals surface area contributed by atoms with Gasteiger partial charge in [0.25, 0.3) is 0 Å². The molecule has 1 atom stereocenters. The maximum Gasteiger partial charge on any atom is 0.350 e. The van der Waals surface area contributed by atoms with Crippen LogP contribution in [0.5, 0.6) is 0 Å². The van der Waals surface area contributed by atoms with Gasteiger partial charge in [-0.05, 0) is 32.4 Å². The molecule has 0 spiro atoms. The van der Waals surface area contributed by atoms with Crippen LogP contribution in [-0.2, 0) is 11.3 Å². The fraction of sp³-hybridized carbons (Fsp3) is 0.333. The SMILES string of the molecule is CCOC(=O)c1sc(C(C)NC(=NC)NCc2cccc3cccnc23)nc1C.I. The van der Waals surface area contributed by atoms with Crippen LogP contribution in [0.1, 0.15) is 45.8 Å². The van der Waals surface area contributed by atoms with Crippen LogP contribution in [0.4, 0.5) is 0 Å². The molecule has 0 saturated carbocycles. The third-order valence-corrected chi connectivity index (χ3v) is 5.70. The van der Waals surface area contributed by atoms with Crippen molar-refractivity contribution in [1.29, 1.82) is 0 Å². The number of halogens is 1. The molecular formula is C21H26IN5O2S. The number of carbonyl (C=O) groups excluding carboxylic acids is 1. The van der Waals surface area contributed by atoms with Crippen LogP contribution in [-0.4, -0.2) is 35.6 Å². The van der Waals surface area contributed by atoms with E-state index in [0.29, 0.717) is 29.7 Å². The number of guanidine groups is 1. The van der Waals surface area contributed by atoms with Gasteiger partial charge in [-0.1, -0.05) is 24.3 Å². The lowest BCUT2D eigenvalue weighted by atomic mass is 10.1. The zero-order chi connectivity index (χ0) is 20.8. The van der Waals surface area contributed by atoms with E-state index in [0.717, 1.165) is 21.5 Å². The normalized spacial score (nSPS) is 12.2. The number of nitrogens with one attached hydrogen (secondary N) is 2. The molecule has 0 radical (unpaired) electrons. The molecule has 3 aromatic rings. The van der Waals surface area contributed by atoms with Gasteiger partial charge in [0.05, 0.1) is 23.9 Å². The van der Waals surface area contributed by atoms with E-state index in [2.05, 4.69) is 31.7 Å². The van der Waals surface area contributed by atoms with Gasteiger partial charge in [0.15, 0.2) is 5.96 Å². The Bertz CT molecular complexity index is 1030. The highest BCUT2D eigenvalue weighted by Crippen LogP contribution is 2.24. The minimum Gasteiger partial charge on any atom is -0.462 e. The average Bonchev–Trinajstić information content (AvgIpc) is 3.13. The van der Waals surface area contributed by atoms with Gasteiger partial charge < -0.3 is 15.4 Å². The topological polar surface area (TPSA) is 88.5 Å². The highest BCUT2D eigenvalue weighted by Gasteiger charge is 2.20. The predicted octanol–water partition coefficient (Wildman–Crippen LogP) is 4.22. The number of nitrogens with zero attached hydrogens (tertiary/aromatic N) is 3. The second kappa shape index (κ2) is 11.2.